The van der Waals surface area contributed by atoms with Gasteiger partial charge in [-0.3, -0.25) is 4.79 Å². The number of hydrogen-bond acceptors (Lipinski definition) is 3. The third-order valence-electron chi connectivity index (χ3n) is 4.07. The van der Waals surface area contributed by atoms with Crippen LogP contribution in [0.15, 0.2) is 0 Å². The molecule has 0 bridgehead atoms. The van der Waals surface area contributed by atoms with E-state index in [0.717, 1.165) is 45.2 Å². The largest absolute Gasteiger partial charge is 0.396 e. The van der Waals surface area contributed by atoms with E-state index in [9.17, 15) is 4.79 Å². The second kappa shape index (κ2) is 5.15. The van der Waals surface area contributed by atoms with Crippen molar-refractivity contribution in [2.45, 2.75) is 38.1 Å². The molecule has 1 heterocycles. The predicted molar refractivity (Wildman–Crippen MR) is 61.7 cm³/mol. The lowest BCUT2D eigenvalue weighted by atomic mass is 9.95. The summed E-state index contributed by atoms with van der Waals surface area (Å²) in [5.74, 6) is 0.702. The lowest BCUT2D eigenvalue weighted by molar-refractivity contribution is -0.137. The van der Waals surface area contributed by atoms with E-state index < -0.39 is 0 Å². The molecule has 16 heavy (non-hydrogen) atoms. The molecule has 0 aromatic heterocycles. The number of aliphatic hydroxyl groups is 1. The fourth-order valence-corrected chi connectivity index (χ4v) is 2.87. The molecule has 1 aliphatic carbocycles. The Bertz CT molecular complexity index is 249. The van der Waals surface area contributed by atoms with Gasteiger partial charge in [0.05, 0.1) is 5.92 Å². The smallest absolute Gasteiger partial charge is 0.227 e. The van der Waals surface area contributed by atoms with Crippen molar-refractivity contribution in [1.29, 1.82) is 0 Å². The maximum Gasteiger partial charge on any atom is 0.227 e. The summed E-state index contributed by atoms with van der Waals surface area (Å²) in [4.78, 5) is 14.1. The predicted octanol–water partition coefficient (Wildman–Crippen LogP) is 0.345. The summed E-state index contributed by atoms with van der Waals surface area (Å²) < 4.78 is 0. The molecule has 2 aliphatic rings. The van der Waals surface area contributed by atoms with Crippen LogP contribution in [0.2, 0.25) is 0 Å². The number of nitrogens with two attached hydrogens (primary N) is 1. The third-order valence-corrected chi connectivity index (χ3v) is 4.07. The number of likely N-dealkylation sites (tertiary alicyclic amines) is 1. The molecule has 1 amide bonds. The number of carbonyl (C=O) groups is 1. The Balaban J connectivity index is 1.86. The normalized spacial score (nSPS) is 32.0. The summed E-state index contributed by atoms with van der Waals surface area (Å²) in [7, 11) is 0. The molecule has 1 saturated carbocycles. The minimum absolute atomic E-state index is 0.0608. The van der Waals surface area contributed by atoms with E-state index in [2.05, 4.69) is 0 Å². The van der Waals surface area contributed by atoms with Gasteiger partial charge in [0.2, 0.25) is 5.91 Å². The summed E-state index contributed by atoms with van der Waals surface area (Å²) in [6.07, 6.45) is 4.91. The van der Waals surface area contributed by atoms with Crippen LogP contribution >= 0.6 is 0 Å². The monoisotopic (exact) mass is 226 g/mol. The highest BCUT2D eigenvalue weighted by Crippen LogP contribution is 2.27. The zero-order valence-electron chi connectivity index (χ0n) is 9.77. The van der Waals surface area contributed by atoms with Gasteiger partial charge >= 0.3 is 0 Å². The van der Waals surface area contributed by atoms with Crippen molar-refractivity contribution in [2.24, 2.45) is 17.6 Å². The van der Waals surface area contributed by atoms with Gasteiger partial charge in [0, 0.05) is 25.7 Å². The SMILES string of the molecule is NC1CCCC1C(=O)N1CCC(CO)CC1. The van der Waals surface area contributed by atoms with E-state index in [1.807, 2.05) is 4.90 Å². The Morgan fingerprint density at radius 2 is 1.94 bits per heavy atom. The van der Waals surface area contributed by atoms with E-state index in [-0.39, 0.29) is 24.5 Å². The number of amides is 1. The van der Waals surface area contributed by atoms with Gasteiger partial charge in [0.25, 0.3) is 0 Å². The summed E-state index contributed by atoms with van der Waals surface area (Å²) in [5, 5.41) is 9.05. The van der Waals surface area contributed by atoms with E-state index in [0.29, 0.717) is 5.92 Å². The van der Waals surface area contributed by atoms with Crippen LogP contribution in [0, 0.1) is 11.8 Å². The van der Waals surface area contributed by atoms with Crippen LogP contribution in [0.1, 0.15) is 32.1 Å². The minimum Gasteiger partial charge on any atom is -0.396 e. The standard InChI is InChI=1S/C12H22N2O2/c13-11-3-1-2-10(11)12(16)14-6-4-9(8-15)5-7-14/h9-11,15H,1-8,13H2. The first-order chi connectivity index (χ1) is 7.72. The topological polar surface area (TPSA) is 66.6 Å². The molecule has 2 rings (SSSR count). The Morgan fingerprint density at radius 1 is 1.25 bits per heavy atom. The molecule has 0 spiro atoms. The fraction of sp³-hybridized carbons (Fsp3) is 0.917. The zero-order valence-corrected chi connectivity index (χ0v) is 9.77. The maximum absolute atomic E-state index is 12.2. The molecule has 1 aliphatic heterocycles. The molecular weight excluding hydrogens is 204 g/mol. The van der Waals surface area contributed by atoms with Crippen LogP contribution in [-0.2, 0) is 4.79 Å². The Kier molecular flexibility index (Phi) is 3.82. The summed E-state index contributed by atoms with van der Waals surface area (Å²) >= 11 is 0. The van der Waals surface area contributed by atoms with Gasteiger partial charge in [-0.05, 0) is 31.6 Å². The van der Waals surface area contributed by atoms with Crippen LogP contribution in [0.4, 0.5) is 0 Å². The molecule has 2 fully saturated rings. The average Bonchev–Trinajstić information content (AvgIpc) is 2.75. The first kappa shape index (κ1) is 11.9. The van der Waals surface area contributed by atoms with Crippen LogP contribution < -0.4 is 5.73 Å². The lowest BCUT2D eigenvalue weighted by Gasteiger charge is -2.33. The molecule has 0 radical (unpaired) electrons. The highest BCUT2D eigenvalue weighted by Gasteiger charge is 2.34. The van der Waals surface area contributed by atoms with Crippen molar-refractivity contribution < 1.29 is 9.90 Å². The maximum atomic E-state index is 12.2. The number of piperidine rings is 1. The highest BCUT2D eigenvalue weighted by molar-refractivity contribution is 5.80. The Morgan fingerprint density at radius 3 is 2.44 bits per heavy atom. The van der Waals surface area contributed by atoms with Crippen LogP contribution in [0.5, 0.6) is 0 Å². The van der Waals surface area contributed by atoms with Gasteiger partial charge < -0.3 is 15.7 Å². The minimum atomic E-state index is 0.0608. The van der Waals surface area contributed by atoms with Crippen molar-refractivity contribution in [3.05, 3.63) is 0 Å². The molecular formula is C12H22N2O2. The molecule has 0 aromatic rings. The molecule has 4 heteroatoms. The summed E-state index contributed by atoms with van der Waals surface area (Å²) in [6, 6.07) is 0.0723. The number of carbonyl (C=O) groups excluding carboxylic acids is 1. The third kappa shape index (κ3) is 2.38. The van der Waals surface area contributed by atoms with Gasteiger partial charge in [-0.15, -0.1) is 0 Å². The van der Waals surface area contributed by atoms with Gasteiger partial charge in [0.15, 0.2) is 0 Å². The zero-order chi connectivity index (χ0) is 11.5. The van der Waals surface area contributed by atoms with Crippen LogP contribution in [0.25, 0.3) is 0 Å². The number of rotatable bonds is 2. The first-order valence-electron chi connectivity index (χ1n) is 6.37. The van der Waals surface area contributed by atoms with Gasteiger partial charge in [-0.1, -0.05) is 6.42 Å². The number of aliphatic hydroxyl groups excluding tert-OH is 1. The van der Waals surface area contributed by atoms with Crippen LogP contribution in [0.3, 0.4) is 0 Å². The summed E-state index contributed by atoms with van der Waals surface area (Å²) in [6.45, 7) is 1.85. The Hall–Kier alpha value is -0.610. The van der Waals surface area contributed by atoms with Crippen molar-refractivity contribution >= 4 is 5.91 Å². The molecule has 2 unspecified atom stereocenters. The molecule has 1 saturated heterocycles. The molecule has 4 nitrogen and oxygen atoms in total. The van der Waals surface area contributed by atoms with E-state index in [1.165, 1.54) is 0 Å². The summed E-state index contributed by atoms with van der Waals surface area (Å²) in [5.41, 5.74) is 5.95. The second-order valence-electron chi connectivity index (χ2n) is 5.15. The van der Waals surface area contributed by atoms with E-state index in [4.69, 9.17) is 10.8 Å². The Labute approximate surface area is 96.8 Å². The van der Waals surface area contributed by atoms with Crippen molar-refractivity contribution in [2.75, 3.05) is 19.7 Å². The average molecular weight is 226 g/mol. The second-order valence-corrected chi connectivity index (χ2v) is 5.15. The molecule has 3 N–H and O–H groups in total. The molecule has 2 atom stereocenters. The van der Waals surface area contributed by atoms with E-state index >= 15 is 0 Å². The fourth-order valence-electron chi connectivity index (χ4n) is 2.87. The quantitative estimate of drug-likeness (QED) is 0.714. The van der Waals surface area contributed by atoms with Gasteiger partial charge in [-0.25, -0.2) is 0 Å². The van der Waals surface area contributed by atoms with Gasteiger partial charge in [0.1, 0.15) is 0 Å². The van der Waals surface area contributed by atoms with Gasteiger partial charge in [-0.2, -0.15) is 0 Å². The molecule has 92 valence electrons. The highest BCUT2D eigenvalue weighted by atomic mass is 16.3. The number of hydrogen-bond donors (Lipinski definition) is 2. The van der Waals surface area contributed by atoms with Crippen LogP contribution in [-0.4, -0.2) is 41.7 Å². The number of nitrogens with zero attached hydrogens (tertiary/aromatic N) is 1. The first-order valence-corrected chi connectivity index (χ1v) is 6.37. The van der Waals surface area contributed by atoms with Crippen molar-refractivity contribution in [1.82, 2.24) is 4.90 Å². The van der Waals surface area contributed by atoms with Crippen molar-refractivity contribution in [3.8, 4) is 0 Å². The van der Waals surface area contributed by atoms with Crippen molar-refractivity contribution in [3.63, 3.8) is 0 Å². The van der Waals surface area contributed by atoms with E-state index in [1.54, 1.807) is 0 Å². The molecule has 0 aromatic carbocycles. The lowest BCUT2D eigenvalue weighted by Crippen LogP contribution is -2.45.